The third-order valence-electron chi connectivity index (χ3n) is 4.09. The van der Waals surface area contributed by atoms with Gasteiger partial charge < -0.3 is 4.42 Å². The molecule has 3 heterocycles. The molecule has 0 saturated carbocycles. The number of furan rings is 1. The summed E-state index contributed by atoms with van der Waals surface area (Å²) in [5, 5.41) is 3.10. The number of nitrogens with zero attached hydrogens (tertiary/aromatic N) is 3. The summed E-state index contributed by atoms with van der Waals surface area (Å²) >= 11 is 3.38. The highest BCUT2D eigenvalue weighted by atomic mass is 79.9. The maximum absolute atomic E-state index is 5.90. The molecule has 0 aliphatic heterocycles. The Bertz CT molecular complexity index is 1230. The molecule has 0 unspecified atom stereocenters. The van der Waals surface area contributed by atoms with E-state index in [-0.39, 0.29) is 0 Å². The first-order valence-corrected chi connectivity index (χ1v) is 8.29. The van der Waals surface area contributed by atoms with Gasteiger partial charge in [-0.3, -0.25) is 0 Å². The van der Waals surface area contributed by atoms with E-state index in [1.807, 2.05) is 42.5 Å². The van der Waals surface area contributed by atoms with Crippen LogP contribution >= 0.6 is 15.9 Å². The molecule has 0 radical (unpaired) electrons. The Morgan fingerprint density at radius 3 is 2.58 bits per heavy atom. The molecular formula is C19H10BrN3O. The fraction of sp³-hybridized carbons (Fsp3) is 0. The number of aromatic nitrogens is 3. The van der Waals surface area contributed by atoms with Crippen molar-refractivity contribution in [1.29, 1.82) is 0 Å². The smallest absolute Gasteiger partial charge is 0.199 e. The van der Waals surface area contributed by atoms with Crippen LogP contribution in [0, 0.1) is 0 Å². The van der Waals surface area contributed by atoms with Crippen molar-refractivity contribution in [3.8, 4) is 11.3 Å². The number of hydrogen-bond acceptors (Lipinski definition) is 4. The predicted molar refractivity (Wildman–Crippen MR) is 97.7 cm³/mol. The quantitative estimate of drug-likeness (QED) is 0.370. The fourth-order valence-electron chi connectivity index (χ4n) is 3.03. The Labute approximate surface area is 145 Å². The molecule has 5 heteroatoms. The van der Waals surface area contributed by atoms with Crippen LogP contribution in [0.5, 0.6) is 0 Å². The molecule has 4 nitrogen and oxygen atoms in total. The standard InChI is InChI=1S/C19H10BrN3O/c20-19-22-17(13-5-3-9-21-18(13)23-19)11-7-8-16-14(10-11)12-4-1-2-6-15(12)24-16/h1-10H. The summed E-state index contributed by atoms with van der Waals surface area (Å²) in [6, 6.07) is 18.1. The number of para-hydroxylation sites is 1. The molecule has 0 fully saturated rings. The Balaban J connectivity index is 1.85. The lowest BCUT2D eigenvalue weighted by atomic mass is 10.0. The van der Waals surface area contributed by atoms with E-state index in [0.29, 0.717) is 10.4 Å². The molecule has 0 N–H and O–H groups in total. The topological polar surface area (TPSA) is 51.8 Å². The summed E-state index contributed by atoms with van der Waals surface area (Å²) in [7, 11) is 0. The summed E-state index contributed by atoms with van der Waals surface area (Å²) in [6.45, 7) is 0. The van der Waals surface area contributed by atoms with Crippen LogP contribution in [0.1, 0.15) is 0 Å². The lowest BCUT2D eigenvalue weighted by molar-refractivity contribution is 0.669. The molecule has 5 aromatic rings. The van der Waals surface area contributed by atoms with Crippen LogP contribution in [0.25, 0.3) is 44.2 Å². The molecule has 0 amide bonds. The van der Waals surface area contributed by atoms with Gasteiger partial charge in [-0.2, -0.15) is 0 Å². The van der Waals surface area contributed by atoms with Crippen molar-refractivity contribution < 1.29 is 4.42 Å². The van der Waals surface area contributed by atoms with E-state index in [4.69, 9.17) is 4.42 Å². The van der Waals surface area contributed by atoms with Gasteiger partial charge >= 0.3 is 0 Å². The molecule has 0 bridgehead atoms. The van der Waals surface area contributed by atoms with Gasteiger partial charge in [-0.05, 0) is 52.3 Å². The van der Waals surface area contributed by atoms with Crippen molar-refractivity contribution in [2.45, 2.75) is 0 Å². The van der Waals surface area contributed by atoms with E-state index in [2.05, 4.69) is 43.0 Å². The van der Waals surface area contributed by atoms with Crippen LogP contribution < -0.4 is 0 Å². The Morgan fingerprint density at radius 2 is 1.62 bits per heavy atom. The number of benzene rings is 2. The minimum absolute atomic E-state index is 0.529. The van der Waals surface area contributed by atoms with Crippen LogP contribution in [0.2, 0.25) is 0 Å². The Hall–Kier alpha value is -2.79. The van der Waals surface area contributed by atoms with E-state index in [1.165, 1.54) is 0 Å². The molecule has 0 atom stereocenters. The van der Waals surface area contributed by atoms with Gasteiger partial charge in [0.2, 0.25) is 0 Å². The van der Waals surface area contributed by atoms with Gasteiger partial charge in [0.25, 0.3) is 0 Å². The molecule has 114 valence electrons. The van der Waals surface area contributed by atoms with Gasteiger partial charge in [-0.1, -0.05) is 18.2 Å². The van der Waals surface area contributed by atoms with Crippen LogP contribution in [-0.2, 0) is 0 Å². The lowest BCUT2D eigenvalue weighted by Crippen LogP contribution is -1.93. The SMILES string of the molecule is Brc1nc(-c2ccc3oc4ccccc4c3c2)c2cccnc2n1. The van der Waals surface area contributed by atoms with Gasteiger partial charge in [-0.25, -0.2) is 15.0 Å². The maximum atomic E-state index is 5.90. The maximum Gasteiger partial charge on any atom is 0.199 e. The number of fused-ring (bicyclic) bond motifs is 4. The van der Waals surface area contributed by atoms with Crippen molar-refractivity contribution in [3.05, 3.63) is 65.5 Å². The minimum Gasteiger partial charge on any atom is -0.456 e. The Kier molecular flexibility index (Phi) is 2.90. The second-order valence-electron chi connectivity index (χ2n) is 5.52. The first-order chi connectivity index (χ1) is 11.8. The third kappa shape index (κ3) is 2.02. The second-order valence-corrected chi connectivity index (χ2v) is 6.23. The molecule has 0 spiro atoms. The van der Waals surface area contributed by atoms with Gasteiger partial charge in [0, 0.05) is 27.9 Å². The average molecular weight is 376 g/mol. The number of rotatable bonds is 1. The van der Waals surface area contributed by atoms with E-state index in [0.717, 1.165) is 38.6 Å². The highest BCUT2D eigenvalue weighted by Gasteiger charge is 2.12. The average Bonchev–Trinajstić information content (AvgIpc) is 2.99. The van der Waals surface area contributed by atoms with Crippen molar-refractivity contribution >= 4 is 48.9 Å². The number of hydrogen-bond donors (Lipinski definition) is 0. The highest BCUT2D eigenvalue weighted by molar-refractivity contribution is 9.10. The monoisotopic (exact) mass is 375 g/mol. The predicted octanol–water partition coefficient (Wildman–Crippen LogP) is 5.35. The normalized spacial score (nSPS) is 11.5. The Morgan fingerprint density at radius 1 is 0.792 bits per heavy atom. The minimum atomic E-state index is 0.529. The zero-order valence-corrected chi connectivity index (χ0v) is 14.0. The largest absolute Gasteiger partial charge is 0.456 e. The van der Waals surface area contributed by atoms with E-state index in [1.54, 1.807) is 6.20 Å². The van der Waals surface area contributed by atoms with Gasteiger partial charge in [0.15, 0.2) is 10.4 Å². The van der Waals surface area contributed by atoms with E-state index < -0.39 is 0 Å². The zero-order chi connectivity index (χ0) is 16.1. The van der Waals surface area contributed by atoms with Crippen LogP contribution in [0.15, 0.2) is 69.9 Å². The summed E-state index contributed by atoms with van der Waals surface area (Å²) in [4.78, 5) is 13.2. The molecule has 0 aliphatic carbocycles. The van der Waals surface area contributed by atoms with Gasteiger partial charge in [0.1, 0.15) is 11.2 Å². The summed E-state index contributed by atoms with van der Waals surface area (Å²) in [5.41, 5.74) is 4.30. The molecule has 0 aliphatic rings. The number of pyridine rings is 1. The summed E-state index contributed by atoms with van der Waals surface area (Å²) in [5.74, 6) is 0. The summed E-state index contributed by atoms with van der Waals surface area (Å²) in [6.07, 6.45) is 1.73. The highest BCUT2D eigenvalue weighted by Crippen LogP contribution is 2.33. The van der Waals surface area contributed by atoms with E-state index >= 15 is 0 Å². The fourth-order valence-corrected chi connectivity index (χ4v) is 3.37. The van der Waals surface area contributed by atoms with Crippen molar-refractivity contribution in [2.75, 3.05) is 0 Å². The van der Waals surface area contributed by atoms with Gasteiger partial charge in [-0.15, -0.1) is 0 Å². The third-order valence-corrected chi connectivity index (χ3v) is 4.45. The van der Waals surface area contributed by atoms with Crippen LogP contribution in [-0.4, -0.2) is 15.0 Å². The molecule has 24 heavy (non-hydrogen) atoms. The molecule has 2 aromatic carbocycles. The van der Waals surface area contributed by atoms with E-state index in [9.17, 15) is 0 Å². The van der Waals surface area contributed by atoms with Crippen LogP contribution in [0.3, 0.4) is 0 Å². The van der Waals surface area contributed by atoms with Crippen molar-refractivity contribution in [1.82, 2.24) is 15.0 Å². The zero-order valence-electron chi connectivity index (χ0n) is 12.4. The first kappa shape index (κ1) is 13.6. The molecule has 3 aromatic heterocycles. The second kappa shape index (κ2) is 5.11. The van der Waals surface area contributed by atoms with Gasteiger partial charge in [0.05, 0.1) is 5.69 Å². The van der Waals surface area contributed by atoms with Crippen LogP contribution in [0.4, 0.5) is 0 Å². The molecule has 0 saturated heterocycles. The first-order valence-electron chi connectivity index (χ1n) is 7.49. The van der Waals surface area contributed by atoms with Crippen molar-refractivity contribution in [3.63, 3.8) is 0 Å². The number of halogens is 1. The van der Waals surface area contributed by atoms with Crippen molar-refractivity contribution in [2.24, 2.45) is 0 Å². The summed E-state index contributed by atoms with van der Waals surface area (Å²) < 4.78 is 6.43. The molecule has 5 rings (SSSR count). The lowest BCUT2D eigenvalue weighted by Gasteiger charge is -2.06. The molecular weight excluding hydrogens is 366 g/mol.